The third-order valence-electron chi connectivity index (χ3n) is 4.33. The van der Waals surface area contributed by atoms with Crippen molar-refractivity contribution < 1.29 is 41.0 Å². The van der Waals surface area contributed by atoms with E-state index in [1.165, 1.54) is 13.8 Å². The number of unbranched alkanes of at least 4 members (excludes halogenated alkanes) is 3. The van der Waals surface area contributed by atoms with Crippen molar-refractivity contribution in [2.45, 2.75) is 77.3 Å². The molecule has 0 fully saturated rings. The summed E-state index contributed by atoms with van der Waals surface area (Å²) < 4.78 is 73.5. The number of carbonyl (C=O) groups is 2. The van der Waals surface area contributed by atoms with Crippen LogP contribution in [-0.2, 0) is 19.1 Å². The third kappa shape index (κ3) is 8.09. The minimum atomic E-state index is -5.69. The summed E-state index contributed by atoms with van der Waals surface area (Å²) in [5, 5.41) is 0. The lowest BCUT2D eigenvalue weighted by atomic mass is 9.77. The first kappa shape index (κ1) is 26.9. The summed E-state index contributed by atoms with van der Waals surface area (Å²) in [4.78, 5) is 25.0. The van der Waals surface area contributed by atoms with Crippen molar-refractivity contribution in [2.24, 2.45) is 5.41 Å². The molecule has 0 aromatic rings. The molecule has 0 saturated heterocycles. The summed E-state index contributed by atoms with van der Waals surface area (Å²) in [5.41, 5.74) is -1.89. The van der Waals surface area contributed by atoms with Gasteiger partial charge in [0.25, 0.3) is 0 Å². The number of halogens is 6. The molecule has 0 aliphatic heterocycles. The van der Waals surface area contributed by atoms with Gasteiger partial charge in [-0.25, -0.2) is 0 Å². The van der Waals surface area contributed by atoms with Crippen LogP contribution in [0.25, 0.3) is 0 Å². The van der Waals surface area contributed by atoms with Crippen molar-refractivity contribution in [2.75, 3.05) is 19.1 Å². The van der Waals surface area contributed by atoms with Gasteiger partial charge >= 0.3 is 24.0 Å². The van der Waals surface area contributed by atoms with Crippen molar-refractivity contribution in [1.82, 2.24) is 0 Å². The maximum atomic E-state index is 13.2. The second-order valence-electron chi connectivity index (χ2n) is 6.43. The van der Waals surface area contributed by atoms with Crippen LogP contribution >= 0.6 is 11.6 Å². The van der Waals surface area contributed by atoms with Gasteiger partial charge in [0.15, 0.2) is 5.41 Å². The SMILES string of the molecule is CCOC(=O)C(CCCCCCCl)(CCCC(F)(F)C(F)(F)F)C(=O)OCC. The predicted octanol–water partition coefficient (Wildman–Crippen LogP) is 5.66. The van der Waals surface area contributed by atoms with E-state index in [2.05, 4.69) is 0 Å². The fourth-order valence-electron chi connectivity index (χ4n) is 2.78. The Bertz CT molecular complexity index is 465. The minimum absolute atomic E-state index is 0.0510. The average molecular weight is 439 g/mol. The molecule has 0 aromatic carbocycles. The van der Waals surface area contributed by atoms with Crippen LogP contribution in [0, 0.1) is 5.41 Å². The minimum Gasteiger partial charge on any atom is -0.465 e. The van der Waals surface area contributed by atoms with Crippen LogP contribution in [0.1, 0.15) is 65.2 Å². The van der Waals surface area contributed by atoms with Gasteiger partial charge in [-0.15, -0.1) is 11.6 Å². The fourth-order valence-corrected chi connectivity index (χ4v) is 2.97. The van der Waals surface area contributed by atoms with Crippen molar-refractivity contribution in [3.63, 3.8) is 0 Å². The van der Waals surface area contributed by atoms with Gasteiger partial charge in [0.2, 0.25) is 0 Å². The highest BCUT2D eigenvalue weighted by Gasteiger charge is 2.57. The van der Waals surface area contributed by atoms with Gasteiger partial charge in [-0.05, 0) is 39.5 Å². The van der Waals surface area contributed by atoms with E-state index in [9.17, 15) is 31.5 Å². The molecular weight excluding hydrogens is 411 g/mol. The summed E-state index contributed by atoms with van der Waals surface area (Å²) in [5.74, 6) is -6.36. The summed E-state index contributed by atoms with van der Waals surface area (Å²) in [6.45, 7) is 2.88. The summed E-state index contributed by atoms with van der Waals surface area (Å²) >= 11 is 5.59. The fraction of sp³-hybridized carbons (Fsp3) is 0.889. The Morgan fingerprint density at radius 1 is 0.750 bits per heavy atom. The molecule has 4 nitrogen and oxygen atoms in total. The highest BCUT2D eigenvalue weighted by molar-refractivity contribution is 6.17. The monoisotopic (exact) mass is 438 g/mol. The standard InChI is InChI=1S/C18H28ClF5O4/c1-3-27-14(25)16(15(26)28-4-2,10-7-5-6-8-13-19)11-9-12-17(20,21)18(22,23)24/h3-13H2,1-2H3. The molecule has 0 radical (unpaired) electrons. The predicted molar refractivity (Wildman–Crippen MR) is 94.4 cm³/mol. The maximum Gasteiger partial charge on any atom is 0.453 e. The number of ether oxygens (including phenoxy) is 2. The summed E-state index contributed by atoms with van der Waals surface area (Å²) in [6, 6.07) is 0. The zero-order valence-corrected chi connectivity index (χ0v) is 16.9. The number of carbonyl (C=O) groups excluding carboxylic acids is 2. The lowest BCUT2D eigenvalue weighted by Crippen LogP contribution is -2.43. The Morgan fingerprint density at radius 2 is 1.21 bits per heavy atom. The number of hydrogen-bond donors (Lipinski definition) is 0. The molecule has 10 heteroatoms. The third-order valence-corrected chi connectivity index (χ3v) is 4.60. The van der Waals surface area contributed by atoms with Crippen LogP contribution in [0.4, 0.5) is 22.0 Å². The molecule has 0 aliphatic carbocycles. The first-order chi connectivity index (χ1) is 13.0. The second-order valence-corrected chi connectivity index (χ2v) is 6.81. The molecule has 0 aliphatic rings. The normalized spacial score (nSPS) is 12.7. The van der Waals surface area contributed by atoms with Gasteiger partial charge in [-0.1, -0.05) is 19.3 Å². The molecule has 28 heavy (non-hydrogen) atoms. The lowest BCUT2D eigenvalue weighted by Gasteiger charge is -2.30. The molecule has 166 valence electrons. The zero-order chi connectivity index (χ0) is 21.8. The summed E-state index contributed by atoms with van der Waals surface area (Å²) in [6.07, 6.45) is -6.00. The molecule has 0 heterocycles. The van der Waals surface area contributed by atoms with E-state index in [4.69, 9.17) is 21.1 Å². The Balaban J connectivity index is 5.39. The largest absolute Gasteiger partial charge is 0.465 e. The van der Waals surface area contributed by atoms with Gasteiger partial charge in [0, 0.05) is 12.3 Å². The lowest BCUT2D eigenvalue weighted by molar-refractivity contribution is -0.284. The van der Waals surface area contributed by atoms with Gasteiger partial charge in [0.05, 0.1) is 13.2 Å². The molecule has 0 aromatic heterocycles. The Morgan fingerprint density at radius 3 is 1.64 bits per heavy atom. The topological polar surface area (TPSA) is 52.6 Å². The molecule has 0 unspecified atom stereocenters. The van der Waals surface area contributed by atoms with Gasteiger partial charge in [-0.3, -0.25) is 9.59 Å². The number of esters is 2. The molecular formula is C18H28ClF5O4. The Labute approximate surface area is 167 Å². The van der Waals surface area contributed by atoms with E-state index < -0.39 is 48.7 Å². The smallest absolute Gasteiger partial charge is 0.453 e. The van der Waals surface area contributed by atoms with Gasteiger partial charge < -0.3 is 9.47 Å². The van der Waals surface area contributed by atoms with E-state index in [0.717, 1.165) is 12.8 Å². The molecule has 0 atom stereocenters. The van der Waals surface area contributed by atoms with Crippen molar-refractivity contribution >= 4 is 23.5 Å². The summed E-state index contributed by atoms with van der Waals surface area (Å²) in [7, 11) is 0. The van der Waals surface area contributed by atoms with Crippen LogP contribution in [0.15, 0.2) is 0 Å². The zero-order valence-electron chi connectivity index (χ0n) is 16.2. The van der Waals surface area contributed by atoms with E-state index in [-0.39, 0.29) is 19.6 Å². The quantitative estimate of drug-likeness (QED) is 0.115. The molecule has 0 amide bonds. The van der Waals surface area contributed by atoms with Crippen molar-refractivity contribution in [3.8, 4) is 0 Å². The first-order valence-corrected chi connectivity index (χ1v) is 9.87. The number of alkyl halides is 6. The van der Waals surface area contributed by atoms with Crippen LogP contribution in [0.5, 0.6) is 0 Å². The second kappa shape index (κ2) is 12.4. The number of rotatable bonds is 14. The average Bonchev–Trinajstić information content (AvgIpc) is 2.59. The Hall–Kier alpha value is -1.12. The number of hydrogen-bond acceptors (Lipinski definition) is 4. The van der Waals surface area contributed by atoms with Crippen molar-refractivity contribution in [3.05, 3.63) is 0 Å². The van der Waals surface area contributed by atoms with Crippen LogP contribution in [-0.4, -0.2) is 43.1 Å². The molecule has 0 bridgehead atoms. The Kier molecular flexibility index (Phi) is 11.9. The molecule has 0 N–H and O–H groups in total. The van der Waals surface area contributed by atoms with E-state index in [0.29, 0.717) is 18.7 Å². The van der Waals surface area contributed by atoms with E-state index in [1.54, 1.807) is 0 Å². The van der Waals surface area contributed by atoms with E-state index >= 15 is 0 Å². The van der Waals surface area contributed by atoms with Crippen LogP contribution in [0.2, 0.25) is 0 Å². The highest BCUT2D eigenvalue weighted by atomic mass is 35.5. The van der Waals surface area contributed by atoms with E-state index in [1.807, 2.05) is 0 Å². The van der Waals surface area contributed by atoms with Crippen LogP contribution < -0.4 is 0 Å². The molecule has 0 rings (SSSR count). The highest BCUT2D eigenvalue weighted by Crippen LogP contribution is 2.42. The van der Waals surface area contributed by atoms with Crippen LogP contribution in [0.3, 0.4) is 0 Å². The van der Waals surface area contributed by atoms with Crippen molar-refractivity contribution in [1.29, 1.82) is 0 Å². The molecule has 0 spiro atoms. The molecule has 0 saturated carbocycles. The van der Waals surface area contributed by atoms with Gasteiger partial charge in [0.1, 0.15) is 0 Å². The first-order valence-electron chi connectivity index (χ1n) is 9.33. The van der Waals surface area contributed by atoms with Gasteiger partial charge in [-0.2, -0.15) is 22.0 Å². The maximum absolute atomic E-state index is 13.2.